The van der Waals surface area contributed by atoms with Crippen molar-refractivity contribution in [2.24, 2.45) is 11.8 Å². The molecule has 3 rings (SSSR count). The highest BCUT2D eigenvalue weighted by Gasteiger charge is 2.49. The number of hydrogen-bond acceptors (Lipinski definition) is 4. The number of sulfone groups is 1. The van der Waals surface area contributed by atoms with Crippen LogP contribution in [0.15, 0.2) is 40.3 Å². The second-order valence-electron chi connectivity index (χ2n) is 5.40. The van der Waals surface area contributed by atoms with Crippen LogP contribution in [0.3, 0.4) is 0 Å². The van der Waals surface area contributed by atoms with Gasteiger partial charge < -0.3 is 5.32 Å². The first kappa shape index (κ1) is 16.8. The third kappa shape index (κ3) is 3.13. The van der Waals surface area contributed by atoms with Crippen molar-refractivity contribution in [3.05, 3.63) is 35.5 Å². The monoisotopic (exact) mass is 375 g/mol. The normalized spacial score (nSPS) is 20.2. The van der Waals surface area contributed by atoms with Crippen LogP contribution in [0.2, 0.25) is 5.02 Å². The van der Waals surface area contributed by atoms with Gasteiger partial charge in [0.25, 0.3) is 0 Å². The van der Waals surface area contributed by atoms with Crippen molar-refractivity contribution in [2.75, 3.05) is 5.32 Å². The molecule has 0 bridgehead atoms. The lowest BCUT2D eigenvalue weighted by atomic mass is 10.3. The molecule has 1 aromatic heterocycles. The number of nitrogens with one attached hydrogen (secondary N) is 2. The summed E-state index contributed by atoms with van der Waals surface area (Å²) in [6.07, 6.45) is -1.44. The van der Waals surface area contributed by atoms with Crippen LogP contribution in [0.1, 0.15) is 6.42 Å². The number of rotatable bonds is 5. The molecule has 24 heavy (non-hydrogen) atoms. The van der Waals surface area contributed by atoms with E-state index < -0.39 is 34.0 Å². The molecule has 0 saturated heterocycles. The average Bonchev–Trinajstić information content (AvgIpc) is 3.21. The molecule has 0 unspecified atom stereocenters. The molecule has 2 N–H and O–H groups in total. The van der Waals surface area contributed by atoms with E-state index in [2.05, 4.69) is 15.5 Å². The zero-order valence-corrected chi connectivity index (χ0v) is 13.6. The highest BCUT2D eigenvalue weighted by Crippen LogP contribution is 2.44. The summed E-state index contributed by atoms with van der Waals surface area (Å²) in [5.41, 5.74) is 0. The van der Waals surface area contributed by atoms with Gasteiger partial charge in [-0.25, -0.2) is 17.2 Å². The summed E-state index contributed by atoms with van der Waals surface area (Å²) in [6, 6.07) is 5.49. The molecule has 1 aliphatic carbocycles. The summed E-state index contributed by atoms with van der Waals surface area (Å²) in [5, 5.41) is 8.71. The average molecular weight is 376 g/mol. The summed E-state index contributed by atoms with van der Waals surface area (Å²) >= 11 is 5.74. The lowest BCUT2D eigenvalue weighted by Crippen LogP contribution is -2.18. The maximum atomic E-state index is 12.6. The van der Waals surface area contributed by atoms with Gasteiger partial charge in [-0.05, 0) is 30.7 Å². The number of aromatic amines is 1. The van der Waals surface area contributed by atoms with Crippen LogP contribution < -0.4 is 5.32 Å². The fraction of sp³-hybridized carbons (Fsp3) is 0.286. The summed E-state index contributed by atoms with van der Waals surface area (Å²) in [4.78, 5) is 11.7. The fourth-order valence-corrected chi connectivity index (χ4v) is 3.75. The molecule has 0 radical (unpaired) electrons. The fourth-order valence-electron chi connectivity index (χ4n) is 2.32. The van der Waals surface area contributed by atoms with Crippen molar-refractivity contribution >= 4 is 33.2 Å². The van der Waals surface area contributed by atoms with Gasteiger partial charge >= 0.3 is 0 Å². The number of anilines is 1. The van der Waals surface area contributed by atoms with Gasteiger partial charge in [-0.2, -0.15) is 5.10 Å². The molecule has 0 aliphatic heterocycles. The number of H-pyrrole nitrogens is 1. The number of carbonyl (C=O) groups is 1. The van der Waals surface area contributed by atoms with E-state index in [0.29, 0.717) is 5.02 Å². The van der Waals surface area contributed by atoms with Crippen LogP contribution in [0, 0.1) is 11.8 Å². The molecule has 1 aliphatic rings. The molecule has 1 fully saturated rings. The molecule has 128 valence electrons. The number of benzene rings is 1. The number of hydrogen-bond donors (Lipinski definition) is 2. The summed E-state index contributed by atoms with van der Waals surface area (Å²) in [6.45, 7) is 0. The Morgan fingerprint density at radius 1 is 1.33 bits per heavy atom. The molecule has 1 aromatic carbocycles. The van der Waals surface area contributed by atoms with Crippen LogP contribution in [0.4, 0.5) is 14.6 Å². The van der Waals surface area contributed by atoms with E-state index in [1.54, 1.807) is 0 Å². The zero-order valence-electron chi connectivity index (χ0n) is 12.0. The van der Waals surface area contributed by atoms with Crippen molar-refractivity contribution in [1.82, 2.24) is 10.2 Å². The highest BCUT2D eigenvalue weighted by molar-refractivity contribution is 7.91. The summed E-state index contributed by atoms with van der Waals surface area (Å²) < 4.78 is 50.2. The van der Waals surface area contributed by atoms with Crippen LogP contribution in [0.25, 0.3) is 0 Å². The van der Waals surface area contributed by atoms with Crippen LogP contribution in [-0.4, -0.2) is 30.9 Å². The Hall–Kier alpha value is -2.00. The van der Waals surface area contributed by atoms with Gasteiger partial charge in [0.1, 0.15) is 10.7 Å². The molecule has 0 spiro atoms. The highest BCUT2D eigenvalue weighted by atomic mass is 35.5. The molecular weight excluding hydrogens is 364 g/mol. The smallest absolute Gasteiger partial charge is 0.242 e. The molecule has 2 aromatic rings. The molecule has 1 amide bonds. The first-order valence-electron chi connectivity index (χ1n) is 6.93. The van der Waals surface area contributed by atoms with Gasteiger partial charge in [0, 0.05) is 16.9 Å². The summed E-state index contributed by atoms with van der Waals surface area (Å²) in [7, 11) is -3.94. The molecule has 1 saturated carbocycles. The summed E-state index contributed by atoms with van der Waals surface area (Å²) in [5.74, 6) is -2.60. The predicted octanol–water partition coefficient (Wildman–Crippen LogP) is 2.74. The van der Waals surface area contributed by atoms with E-state index in [1.165, 1.54) is 24.3 Å². The third-order valence-corrected chi connectivity index (χ3v) is 5.80. The first-order valence-corrected chi connectivity index (χ1v) is 8.80. The van der Waals surface area contributed by atoms with Gasteiger partial charge in [0.15, 0.2) is 0 Å². The van der Waals surface area contributed by atoms with Gasteiger partial charge in [0.2, 0.25) is 22.2 Å². The zero-order chi connectivity index (χ0) is 17.5. The lowest BCUT2D eigenvalue weighted by Gasteiger charge is -2.07. The van der Waals surface area contributed by atoms with Crippen LogP contribution in [0.5, 0.6) is 0 Å². The van der Waals surface area contributed by atoms with E-state index in [9.17, 15) is 22.0 Å². The standard InChI is InChI=1S/C14H12ClF2N3O3S/c15-7-1-3-8(4-2-7)24(22,23)11-6-18-20-13(11)19-14(21)10-5-9(10)12(16)17/h1-4,6,9-10,12H,5H2,(H2,18,19,20,21)/t9-,10-/m0/s1. The Labute approximate surface area is 141 Å². The quantitative estimate of drug-likeness (QED) is 0.840. The van der Waals surface area contributed by atoms with E-state index in [1.807, 2.05) is 0 Å². The second kappa shape index (κ2) is 6.14. The maximum absolute atomic E-state index is 12.6. The van der Waals surface area contributed by atoms with Gasteiger partial charge in [-0.3, -0.25) is 9.89 Å². The first-order chi connectivity index (χ1) is 11.3. The van der Waals surface area contributed by atoms with Crippen molar-refractivity contribution in [3.63, 3.8) is 0 Å². The SMILES string of the molecule is O=C(Nc1[nH]ncc1S(=O)(=O)c1ccc(Cl)cc1)[C@H]1C[C@@H]1C(F)F. The number of aromatic nitrogens is 2. The number of nitrogens with zero attached hydrogens (tertiary/aromatic N) is 1. The van der Waals surface area contributed by atoms with Gasteiger partial charge in [-0.1, -0.05) is 11.6 Å². The minimum atomic E-state index is -3.94. The number of amides is 1. The third-order valence-electron chi connectivity index (χ3n) is 3.77. The van der Waals surface area contributed by atoms with Crippen LogP contribution in [-0.2, 0) is 14.6 Å². The number of alkyl halides is 2. The Kier molecular flexibility index (Phi) is 4.31. The molecule has 2 atom stereocenters. The van der Waals surface area contributed by atoms with Crippen molar-refractivity contribution in [2.45, 2.75) is 22.6 Å². The molecule has 6 nitrogen and oxygen atoms in total. The van der Waals surface area contributed by atoms with E-state index in [-0.39, 0.29) is 22.0 Å². The predicted molar refractivity (Wildman–Crippen MR) is 81.7 cm³/mol. The van der Waals surface area contributed by atoms with Gasteiger partial charge in [-0.15, -0.1) is 0 Å². The van der Waals surface area contributed by atoms with Crippen molar-refractivity contribution in [1.29, 1.82) is 0 Å². The lowest BCUT2D eigenvalue weighted by molar-refractivity contribution is -0.118. The van der Waals surface area contributed by atoms with E-state index >= 15 is 0 Å². The number of halogens is 3. The molecule has 10 heteroatoms. The van der Waals surface area contributed by atoms with Crippen molar-refractivity contribution < 1.29 is 22.0 Å². The topological polar surface area (TPSA) is 91.9 Å². The van der Waals surface area contributed by atoms with E-state index in [4.69, 9.17) is 11.6 Å². The van der Waals surface area contributed by atoms with Gasteiger partial charge in [0.05, 0.1) is 11.1 Å². The van der Waals surface area contributed by atoms with Crippen LogP contribution >= 0.6 is 11.6 Å². The maximum Gasteiger partial charge on any atom is 0.242 e. The minimum Gasteiger partial charge on any atom is -0.310 e. The Morgan fingerprint density at radius 2 is 2.00 bits per heavy atom. The second-order valence-corrected chi connectivity index (χ2v) is 7.75. The largest absolute Gasteiger partial charge is 0.310 e. The Balaban J connectivity index is 1.83. The Bertz CT molecular complexity index is 868. The molecular formula is C14H12ClF2N3O3S. The molecule has 1 heterocycles. The van der Waals surface area contributed by atoms with Crippen molar-refractivity contribution in [3.8, 4) is 0 Å². The Morgan fingerprint density at radius 3 is 2.58 bits per heavy atom. The number of carbonyl (C=O) groups excluding carboxylic acids is 1. The van der Waals surface area contributed by atoms with E-state index in [0.717, 1.165) is 6.20 Å². The minimum absolute atomic E-state index is 0.0272.